The van der Waals surface area contributed by atoms with E-state index in [4.69, 9.17) is 9.97 Å². The van der Waals surface area contributed by atoms with Crippen LogP contribution in [0.5, 0.6) is 0 Å². The highest BCUT2D eigenvalue weighted by atomic mass is 15.2. The van der Waals surface area contributed by atoms with Gasteiger partial charge in [0.05, 0.1) is 22.4 Å². The summed E-state index contributed by atoms with van der Waals surface area (Å²) in [7, 11) is 0. The Morgan fingerprint density at radius 3 is 1.25 bits per heavy atom. The lowest BCUT2D eigenvalue weighted by molar-refractivity contribution is 0.940. The zero-order chi connectivity index (χ0) is 38.0. The molecule has 6 nitrogen and oxygen atoms in total. The molecule has 0 saturated heterocycles. The van der Waals surface area contributed by atoms with Gasteiger partial charge in [0.2, 0.25) is 19.4 Å². The van der Waals surface area contributed by atoms with Gasteiger partial charge in [-0.15, -0.1) is 0 Å². The molecule has 0 spiro atoms. The molecule has 0 unspecified atom stereocenters. The molecule has 0 bridgehead atoms. The fourth-order valence-electron chi connectivity index (χ4n) is 8.24. The standard InChI is InChI=1S/C49H34B2N6/c1-3-15-37(16-4-1)50(39-19-11-13-35(29-39)45-21-7-9-27-53-45)41-23-25-43-44-26-24-42(32-48(44)57(47(43)31-41)49-55-33-52-34-56-49)51(38-17-5-2-6-18-38)40-20-12-14-36(30-40)46-22-8-10-28-54-46/h1-34H. The number of rotatable bonds is 9. The summed E-state index contributed by atoms with van der Waals surface area (Å²) in [6.07, 6.45) is 6.83. The summed E-state index contributed by atoms with van der Waals surface area (Å²) in [5.41, 5.74) is 13.2. The second kappa shape index (κ2) is 15.0. The topological polar surface area (TPSA) is 69.4 Å². The van der Waals surface area contributed by atoms with Gasteiger partial charge < -0.3 is 0 Å². The summed E-state index contributed by atoms with van der Waals surface area (Å²) in [6.45, 7) is -0.0676. The van der Waals surface area contributed by atoms with Crippen LogP contribution in [0.4, 0.5) is 0 Å². The monoisotopic (exact) mass is 728 g/mol. The van der Waals surface area contributed by atoms with Gasteiger partial charge in [-0.05, 0) is 47.5 Å². The molecule has 0 aliphatic rings. The van der Waals surface area contributed by atoms with E-state index in [2.05, 4.69) is 177 Å². The van der Waals surface area contributed by atoms with E-state index in [0.717, 1.165) is 44.3 Å². The fraction of sp³-hybridized carbons (Fsp3) is 0. The lowest BCUT2D eigenvalue weighted by atomic mass is 9.36. The van der Waals surface area contributed by atoms with E-state index in [1.165, 1.54) is 32.8 Å². The van der Waals surface area contributed by atoms with Crippen LogP contribution in [-0.4, -0.2) is 42.9 Å². The molecule has 0 atom stereocenters. The van der Waals surface area contributed by atoms with E-state index in [1.807, 2.05) is 36.7 Å². The van der Waals surface area contributed by atoms with Crippen molar-refractivity contribution in [3.63, 3.8) is 0 Å². The Bertz CT molecular complexity index is 2780. The third-order valence-electron chi connectivity index (χ3n) is 10.8. The third-order valence-corrected chi connectivity index (χ3v) is 10.8. The van der Waals surface area contributed by atoms with Crippen molar-refractivity contribution in [2.75, 3.05) is 0 Å². The van der Waals surface area contributed by atoms with Crippen molar-refractivity contribution in [3.05, 3.63) is 207 Å². The Balaban J connectivity index is 1.17. The first-order chi connectivity index (χ1) is 28.3. The van der Waals surface area contributed by atoms with Crippen LogP contribution < -0.4 is 32.8 Å². The van der Waals surface area contributed by atoms with Crippen LogP contribution in [0.3, 0.4) is 0 Å². The van der Waals surface area contributed by atoms with Crippen molar-refractivity contribution in [1.82, 2.24) is 29.5 Å². The summed E-state index contributed by atoms with van der Waals surface area (Å²) in [5.74, 6) is 0.570. The second-order valence-corrected chi connectivity index (χ2v) is 14.2. The van der Waals surface area contributed by atoms with E-state index in [-0.39, 0.29) is 13.4 Å². The Morgan fingerprint density at radius 1 is 0.351 bits per heavy atom. The summed E-state index contributed by atoms with van der Waals surface area (Å²) in [6, 6.07) is 64.7. The minimum absolute atomic E-state index is 0.0338. The molecule has 57 heavy (non-hydrogen) atoms. The van der Waals surface area contributed by atoms with Crippen molar-refractivity contribution in [1.29, 1.82) is 0 Å². The molecule has 0 radical (unpaired) electrons. The van der Waals surface area contributed by atoms with Crippen LogP contribution in [-0.2, 0) is 0 Å². The highest BCUT2D eigenvalue weighted by Gasteiger charge is 2.27. The Labute approximate surface area is 331 Å². The molecule has 0 N–H and O–H groups in total. The molecular formula is C49H34B2N6. The molecule has 0 saturated carbocycles. The van der Waals surface area contributed by atoms with E-state index in [1.54, 1.807) is 12.7 Å². The van der Waals surface area contributed by atoms with Gasteiger partial charge in [0.1, 0.15) is 12.7 Å². The highest BCUT2D eigenvalue weighted by Crippen LogP contribution is 2.30. The molecule has 6 aromatic carbocycles. The predicted octanol–water partition coefficient (Wildman–Crippen LogP) is 6.13. The summed E-state index contributed by atoms with van der Waals surface area (Å²) < 4.78 is 2.19. The van der Waals surface area contributed by atoms with Crippen LogP contribution in [0, 0.1) is 0 Å². The minimum Gasteiger partial charge on any atom is -0.278 e. The third kappa shape index (κ3) is 6.57. The van der Waals surface area contributed by atoms with Crippen LogP contribution in [0.15, 0.2) is 207 Å². The van der Waals surface area contributed by atoms with Crippen LogP contribution in [0.25, 0.3) is 50.3 Å². The molecule has 266 valence electrons. The Morgan fingerprint density at radius 2 is 0.789 bits per heavy atom. The van der Waals surface area contributed by atoms with Gasteiger partial charge in [0.15, 0.2) is 0 Å². The number of nitrogens with zero attached hydrogens (tertiary/aromatic N) is 6. The SMILES string of the molecule is c1ccc(B(c2cccc(-c3ccccn3)c2)c2ccc3c4ccc(B(c5ccccc5)c5cccc(-c6ccccn6)c5)cc4n(-c4ncncn4)c3c2)cc1. The maximum atomic E-state index is 4.72. The van der Waals surface area contributed by atoms with E-state index in [0.29, 0.717) is 5.95 Å². The van der Waals surface area contributed by atoms with Gasteiger partial charge in [-0.1, -0.05) is 178 Å². The average molecular weight is 728 g/mol. The number of hydrogen-bond donors (Lipinski definition) is 0. The quantitative estimate of drug-likeness (QED) is 0.168. The maximum absolute atomic E-state index is 4.72. The van der Waals surface area contributed by atoms with Gasteiger partial charge in [0, 0.05) is 23.2 Å². The van der Waals surface area contributed by atoms with E-state index < -0.39 is 0 Å². The molecule has 0 fully saturated rings. The zero-order valence-electron chi connectivity index (χ0n) is 31.0. The normalized spacial score (nSPS) is 11.2. The van der Waals surface area contributed by atoms with Crippen molar-refractivity contribution in [2.45, 2.75) is 0 Å². The number of aromatic nitrogens is 6. The smallest absolute Gasteiger partial charge is 0.241 e. The van der Waals surface area contributed by atoms with Crippen LogP contribution in [0.2, 0.25) is 0 Å². The van der Waals surface area contributed by atoms with Crippen molar-refractivity contribution >= 4 is 68.0 Å². The molecule has 0 aliphatic carbocycles. The Kier molecular flexibility index (Phi) is 8.97. The van der Waals surface area contributed by atoms with E-state index >= 15 is 0 Å². The number of hydrogen-bond acceptors (Lipinski definition) is 5. The summed E-state index contributed by atoms with van der Waals surface area (Å²) >= 11 is 0. The van der Waals surface area contributed by atoms with Gasteiger partial charge >= 0.3 is 0 Å². The zero-order valence-corrected chi connectivity index (χ0v) is 31.0. The van der Waals surface area contributed by atoms with Crippen LogP contribution in [0.1, 0.15) is 0 Å². The molecular weight excluding hydrogens is 694 g/mol. The minimum atomic E-state index is -0.0338. The Hall–Kier alpha value is -7.44. The largest absolute Gasteiger partial charge is 0.278 e. The summed E-state index contributed by atoms with van der Waals surface area (Å²) in [4.78, 5) is 22.9. The summed E-state index contributed by atoms with van der Waals surface area (Å²) in [5, 5.41) is 2.26. The van der Waals surface area contributed by atoms with Gasteiger partial charge in [-0.3, -0.25) is 14.5 Å². The average Bonchev–Trinajstić information content (AvgIpc) is 3.61. The van der Waals surface area contributed by atoms with Crippen LogP contribution >= 0.6 is 0 Å². The predicted molar refractivity (Wildman–Crippen MR) is 236 cm³/mol. The van der Waals surface area contributed by atoms with Crippen molar-refractivity contribution < 1.29 is 0 Å². The molecule has 10 aromatic rings. The lowest BCUT2D eigenvalue weighted by Crippen LogP contribution is -2.52. The number of benzene rings is 6. The second-order valence-electron chi connectivity index (χ2n) is 14.2. The highest BCUT2D eigenvalue weighted by molar-refractivity contribution is 6.96. The van der Waals surface area contributed by atoms with Gasteiger partial charge in [-0.2, -0.15) is 0 Å². The fourth-order valence-corrected chi connectivity index (χ4v) is 8.24. The molecule has 10 rings (SSSR count). The van der Waals surface area contributed by atoms with Gasteiger partial charge in [0.25, 0.3) is 0 Å². The molecule has 0 amide bonds. The molecule has 8 heteroatoms. The maximum Gasteiger partial charge on any atom is 0.241 e. The first kappa shape index (κ1) is 34.1. The molecule has 0 aliphatic heterocycles. The first-order valence-electron chi connectivity index (χ1n) is 19.1. The first-order valence-corrected chi connectivity index (χ1v) is 19.1. The number of pyridine rings is 2. The van der Waals surface area contributed by atoms with Gasteiger partial charge in [-0.25, -0.2) is 15.0 Å². The number of fused-ring (bicyclic) bond motifs is 3. The van der Waals surface area contributed by atoms with E-state index in [9.17, 15) is 0 Å². The van der Waals surface area contributed by atoms with Crippen molar-refractivity contribution in [3.8, 4) is 28.5 Å². The lowest BCUT2D eigenvalue weighted by Gasteiger charge is -2.17. The van der Waals surface area contributed by atoms with Crippen molar-refractivity contribution in [2.24, 2.45) is 0 Å². The molecule has 4 aromatic heterocycles. The molecule has 4 heterocycles.